The first-order valence-electron chi connectivity index (χ1n) is 10.2. The van der Waals surface area contributed by atoms with E-state index >= 15 is 0 Å². The van der Waals surface area contributed by atoms with Gasteiger partial charge in [0.15, 0.2) is 0 Å². The molecule has 1 aliphatic rings. The first-order chi connectivity index (χ1) is 14.6. The standard InChI is InChI=1S/C22H26F3N5O.H2/c1-21(2)11-17(6-7-18(21)31)29-19-15(12-26)13-28-20(30-19)27-9-8-14-4-3-5-16(10-14)22(23,24)25;/h3-5,10,13,17-18,31H,6-9,11H2,1-2H3,(H2,27,28,29,30);1H/t17-,18+;/m1./s1. The van der Waals surface area contributed by atoms with E-state index in [0.29, 0.717) is 42.3 Å². The SMILES string of the molecule is CC1(C)C[C@H](Nc2nc(NCCc3cccc(C(F)(F)F)c3)ncc2C#N)CC[C@@H]1O.[HH]. The Morgan fingerprint density at radius 3 is 2.77 bits per heavy atom. The third kappa shape index (κ3) is 5.85. The first kappa shape index (κ1) is 22.8. The summed E-state index contributed by atoms with van der Waals surface area (Å²) >= 11 is 0. The van der Waals surface area contributed by atoms with Crippen molar-refractivity contribution < 1.29 is 19.7 Å². The van der Waals surface area contributed by atoms with Crippen molar-refractivity contribution >= 4 is 11.8 Å². The van der Waals surface area contributed by atoms with Crippen molar-refractivity contribution in [2.75, 3.05) is 17.2 Å². The number of anilines is 2. The van der Waals surface area contributed by atoms with Crippen LogP contribution >= 0.6 is 0 Å². The van der Waals surface area contributed by atoms with Gasteiger partial charge in [-0.2, -0.15) is 23.4 Å². The molecule has 0 saturated heterocycles. The van der Waals surface area contributed by atoms with Crippen LogP contribution in [0.2, 0.25) is 0 Å². The van der Waals surface area contributed by atoms with E-state index in [-0.39, 0.29) is 19.0 Å². The number of halogens is 3. The zero-order chi connectivity index (χ0) is 22.6. The van der Waals surface area contributed by atoms with E-state index in [4.69, 9.17) is 0 Å². The molecule has 2 aromatic rings. The molecule has 0 unspecified atom stereocenters. The predicted octanol–water partition coefficient (Wildman–Crippen LogP) is 4.62. The number of hydrogen-bond acceptors (Lipinski definition) is 6. The fraction of sp³-hybridized carbons (Fsp3) is 0.500. The first-order valence-corrected chi connectivity index (χ1v) is 10.2. The van der Waals surface area contributed by atoms with Crippen LogP contribution in [0.1, 0.15) is 51.2 Å². The molecule has 0 bridgehead atoms. The van der Waals surface area contributed by atoms with Crippen molar-refractivity contribution in [2.45, 2.75) is 57.9 Å². The Labute approximate surface area is 181 Å². The summed E-state index contributed by atoms with van der Waals surface area (Å²) in [5, 5.41) is 25.8. The molecule has 6 nitrogen and oxygen atoms in total. The Morgan fingerprint density at radius 1 is 1.32 bits per heavy atom. The summed E-state index contributed by atoms with van der Waals surface area (Å²) in [6, 6.07) is 7.35. The quantitative estimate of drug-likeness (QED) is 0.613. The zero-order valence-electron chi connectivity index (χ0n) is 17.5. The van der Waals surface area contributed by atoms with Crippen molar-refractivity contribution in [3.63, 3.8) is 0 Å². The van der Waals surface area contributed by atoms with Gasteiger partial charge in [0.25, 0.3) is 0 Å². The summed E-state index contributed by atoms with van der Waals surface area (Å²) in [6.07, 6.45) is -0.780. The lowest BCUT2D eigenvalue weighted by Gasteiger charge is -2.40. The van der Waals surface area contributed by atoms with Crippen LogP contribution < -0.4 is 10.6 Å². The number of aliphatic hydroxyl groups excluding tert-OH is 1. The summed E-state index contributed by atoms with van der Waals surface area (Å²) in [4.78, 5) is 8.52. The van der Waals surface area contributed by atoms with Gasteiger partial charge in [0, 0.05) is 14.0 Å². The number of aliphatic hydroxyl groups is 1. The second-order valence-corrected chi connectivity index (χ2v) is 8.57. The number of hydrogen-bond donors (Lipinski definition) is 3. The molecule has 1 aliphatic carbocycles. The lowest BCUT2D eigenvalue weighted by molar-refractivity contribution is -0.137. The van der Waals surface area contributed by atoms with Crippen LogP contribution in [0.25, 0.3) is 0 Å². The molecule has 1 aromatic heterocycles. The Kier molecular flexibility index (Phi) is 6.70. The van der Waals surface area contributed by atoms with Gasteiger partial charge < -0.3 is 15.7 Å². The van der Waals surface area contributed by atoms with E-state index in [1.165, 1.54) is 12.3 Å². The normalized spacial score (nSPS) is 20.7. The van der Waals surface area contributed by atoms with Crippen LogP contribution in [-0.2, 0) is 12.6 Å². The lowest BCUT2D eigenvalue weighted by atomic mass is 9.73. The molecule has 9 heteroatoms. The van der Waals surface area contributed by atoms with Crippen LogP contribution in [0.4, 0.5) is 24.9 Å². The molecular formula is C22H28F3N5O. The van der Waals surface area contributed by atoms with E-state index in [1.807, 2.05) is 13.8 Å². The lowest BCUT2D eigenvalue weighted by Crippen LogP contribution is -2.41. The molecule has 168 valence electrons. The monoisotopic (exact) mass is 435 g/mol. The average Bonchev–Trinajstić information content (AvgIpc) is 2.70. The summed E-state index contributed by atoms with van der Waals surface area (Å²) in [5.74, 6) is 0.708. The molecule has 0 aliphatic heterocycles. The van der Waals surface area contributed by atoms with E-state index in [2.05, 4.69) is 26.7 Å². The highest BCUT2D eigenvalue weighted by molar-refractivity contribution is 5.54. The van der Waals surface area contributed by atoms with Gasteiger partial charge in [-0.05, 0) is 42.7 Å². The number of rotatable bonds is 6. The van der Waals surface area contributed by atoms with Crippen LogP contribution in [0.5, 0.6) is 0 Å². The summed E-state index contributed by atoms with van der Waals surface area (Å²) in [7, 11) is 0. The van der Waals surface area contributed by atoms with Gasteiger partial charge in [-0.1, -0.05) is 32.0 Å². The van der Waals surface area contributed by atoms with E-state index < -0.39 is 11.7 Å². The van der Waals surface area contributed by atoms with Crippen molar-refractivity contribution in [1.29, 1.82) is 5.26 Å². The third-order valence-electron chi connectivity index (χ3n) is 5.66. The van der Waals surface area contributed by atoms with Gasteiger partial charge in [0.1, 0.15) is 17.5 Å². The highest BCUT2D eigenvalue weighted by Gasteiger charge is 2.36. The molecular weight excluding hydrogens is 407 g/mol. The number of aromatic nitrogens is 2. The fourth-order valence-corrected chi connectivity index (χ4v) is 3.82. The van der Waals surface area contributed by atoms with Crippen LogP contribution in [0.3, 0.4) is 0 Å². The largest absolute Gasteiger partial charge is 0.416 e. The average molecular weight is 435 g/mol. The Hall–Kier alpha value is -2.86. The maximum Gasteiger partial charge on any atom is 0.416 e. The molecule has 0 radical (unpaired) electrons. The van der Waals surface area contributed by atoms with E-state index in [0.717, 1.165) is 25.0 Å². The number of nitriles is 1. The number of alkyl halides is 3. The van der Waals surface area contributed by atoms with Crippen molar-refractivity contribution in [3.05, 3.63) is 47.2 Å². The summed E-state index contributed by atoms with van der Waals surface area (Å²) in [6.45, 7) is 4.37. The molecule has 3 rings (SSSR count). The smallest absolute Gasteiger partial charge is 0.393 e. The second kappa shape index (κ2) is 9.10. The minimum absolute atomic E-state index is 0. The molecule has 31 heavy (non-hydrogen) atoms. The summed E-state index contributed by atoms with van der Waals surface area (Å²) in [5.41, 5.74) is -0.0433. The predicted molar refractivity (Wildman–Crippen MR) is 114 cm³/mol. The van der Waals surface area contributed by atoms with Gasteiger partial charge in [0.2, 0.25) is 5.95 Å². The van der Waals surface area contributed by atoms with E-state index in [9.17, 15) is 23.5 Å². The van der Waals surface area contributed by atoms with E-state index in [1.54, 1.807) is 6.07 Å². The van der Waals surface area contributed by atoms with Gasteiger partial charge in [-0.15, -0.1) is 0 Å². The topological polar surface area (TPSA) is 93.9 Å². The second-order valence-electron chi connectivity index (χ2n) is 8.57. The molecule has 1 aromatic carbocycles. The Morgan fingerprint density at radius 2 is 2.10 bits per heavy atom. The highest BCUT2D eigenvalue weighted by atomic mass is 19.4. The van der Waals surface area contributed by atoms with Gasteiger partial charge >= 0.3 is 6.18 Å². The molecule has 0 amide bonds. The zero-order valence-corrected chi connectivity index (χ0v) is 17.5. The van der Waals surface area contributed by atoms with Crippen molar-refractivity contribution in [2.24, 2.45) is 5.41 Å². The molecule has 0 spiro atoms. The van der Waals surface area contributed by atoms with Crippen LogP contribution in [0, 0.1) is 16.7 Å². The minimum Gasteiger partial charge on any atom is -0.393 e. The van der Waals surface area contributed by atoms with Gasteiger partial charge in [-0.3, -0.25) is 0 Å². The third-order valence-corrected chi connectivity index (χ3v) is 5.66. The maximum atomic E-state index is 12.8. The molecule has 2 atom stereocenters. The van der Waals surface area contributed by atoms with Crippen LogP contribution in [0.15, 0.2) is 30.5 Å². The van der Waals surface area contributed by atoms with Crippen molar-refractivity contribution in [1.82, 2.24) is 9.97 Å². The molecule has 1 fully saturated rings. The Bertz CT molecular complexity index is 961. The summed E-state index contributed by atoms with van der Waals surface area (Å²) < 4.78 is 38.5. The number of benzene rings is 1. The highest BCUT2D eigenvalue weighted by Crippen LogP contribution is 2.37. The number of nitrogens with one attached hydrogen (secondary N) is 2. The van der Waals surface area contributed by atoms with Gasteiger partial charge in [-0.25, -0.2) is 4.98 Å². The molecule has 1 saturated carbocycles. The Balaban J connectivity index is 0.00000363. The van der Waals surface area contributed by atoms with Crippen molar-refractivity contribution in [3.8, 4) is 6.07 Å². The minimum atomic E-state index is -4.37. The maximum absolute atomic E-state index is 12.8. The van der Waals surface area contributed by atoms with Crippen LogP contribution in [-0.4, -0.2) is 33.8 Å². The number of nitrogens with zero attached hydrogens (tertiary/aromatic N) is 3. The van der Waals surface area contributed by atoms with Gasteiger partial charge in [0.05, 0.1) is 17.9 Å². The molecule has 1 heterocycles. The molecule has 3 N–H and O–H groups in total. The fourth-order valence-electron chi connectivity index (χ4n) is 3.82.